The maximum absolute atomic E-state index is 12.8. The van der Waals surface area contributed by atoms with Crippen LogP contribution in [0.3, 0.4) is 0 Å². The first-order valence-corrected chi connectivity index (χ1v) is 11.0. The molecule has 1 saturated carbocycles. The lowest BCUT2D eigenvalue weighted by Crippen LogP contribution is -2.55. The van der Waals surface area contributed by atoms with Gasteiger partial charge >= 0.3 is 0 Å². The van der Waals surface area contributed by atoms with E-state index in [1.165, 1.54) is 6.08 Å². The van der Waals surface area contributed by atoms with Gasteiger partial charge in [0.1, 0.15) is 5.60 Å². The highest BCUT2D eigenvalue weighted by molar-refractivity contribution is 5.86. The Kier molecular flexibility index (Phi) is 9.62. The molecule has 0 spiro atoms. The number of piperidine rings is 1. The van der Waals surface area contributed by atoms with E-state index in [-0.39, 0.29) is 23.5 Å². The second-order valence-corrected chi connectivity index (χ2v) is 9.02. The van der Waals surface area contributed by atoms with Crippen molar-refractivity contribution in [1.82, 2.24) is 10.2 Å². The minimum Gasteiger partial charge on any atom is -0.512 e. The zero-order chi connectivity index (χ0) is 22.2. The van der Waals surface area contributed by atoms with Crippen LogP contribution in [-0.4, -0.2) is 51.8 Å². The van der Waals surface area contributed by atoms with Gasteiger partial charge in [0, 0.05) is 18.5 Å². The molecule has 1 aliphatic heterocycles. The number of likely N-dealkylation sites (tertiary alicyclic amines) is 1. The number of amides is 2. The van der Waals surface area contributed by atoms with Crippen LogP contribution >= 0.6 is 0 Å². The number of allylic oxidation sites excluding steroid dienone is 1. The summed E-state index contributed by atoms with van der Waals surface area (Å²) in [4.78, 5) is 27.0. The topological polar surface area (TPSA) is 116 Å². The normalized spacial score (nSPS) is 23.5. The number of hydrogen-bond acceptors (Lipinski definition) is 5. The van der Waals surface area contributed by atoms with E-state index in [9.17, 15) is 19.8 Å². The van der Waals surface area contributed by atoms with Crippen molar-refractivity contribution in [2.45, 2.75) is 91.3 Å². The molecule has 2 amide bonds. The summed E-state index contributed by atoms with van der Waals surface area (Å²) in [5, 5.41) is 23.4. The minimum absolute atomic E-state index is 0.121. The smallest absolute Gasteiger partial charge is 0.254 e. The van der Waals surface area contributed by atoms with Gasteiger partial charge in [-0.2, -0.15) is 0 Å². The average molecular weight is 412 g/mol. The van der Waals surface area contributed by atoms with Gasteiger partial charge in [0.15, 0.2) is 0 Å². The molecule has 29 heavy (non-hydrogen) atoms. The first-order chi connectivity index (χ1) is 13.5. The van der Waals surface area contributed by atoms with Crippen LogP contribution in [0.25, 0.3) is 0 Å². The standard InChI is InChI=1S/C20H35N3O4.C2H6/c1-19(2,3)15(24)12-16(21)22-17(25)14-8-7-11-23(13-14)18(26)20(27)9-5-4-6-10-20;1-2/h12,14,16,24,27H,4-11,13,21H2,1-3H3,(H,22,25);1-2H3/b15-12-;. The summed E-state index contributed by atoms with van der Waals surface area (Å²) in [6.45, 7) is 10.4. The number of nitrogens with one attached hydrogen (secondary N) is 1. The van der Waals surface area contributed by atoms with Crippen molar-refractivity contribution in [3.05, 3.63) is 11.8 Å². The number of carbonyl (C=O) groups is 2. The van der Waals surface area contributed by atoms with E-state index in [0.29, 0.717) is 32.4 Å². The molecule has 1 aliphatic carbocycles. The fourth-order valence-electron chi connectivity index (χ4n) is 3.76. The van der Waals surface area contributed by atoms with E-state index < -0.39 is 17.2 Å². The fraction of sp³-hybridized carbons (Fsp3) is 0.818. The lowest BCUT2D eigenvalue weighted by atomic mass is 9.83. The summed E-state index contributed by atoms with van der Waals surface area (Å²) in [6, 6.07) is 0. The first-order valence-electron chi connectivity index (χ1n) is 11.0. The van der Waals surface area contributed by atoms with Gasteiger partial charge in [-0.1, -0.05) is 53.9 Å². The molecule has 2 fully saturated rings. The van der Waals surface area contributed by atoms with Crippen LogP contribution < -0.4 is 11.1 Å². The van der Waals surface area contributed by atoms with Crippen LogP contribution in [0.1, 0.15) is 79.6 Å². The highest BCUT2D eigenvalue weighted by Crippen LogP contribution is 2.31. The molecule has 0 radical (unpaired) electrons. The molecular weight excluding hydrogens is 370 g/mol. The molecule has 0 aromatic rings. The Hall–Kier alpha value is -1.60. The molecule has 1 saturated heterocycles. The van der Waals surface area contributed by atoms with Crippen molar-refractivity contribution in [3.63, 3.8) is 0 Å². The number of rotatable bonds is 4. The number of aliphatic hydroxyl groups is 2. The molecule has 1 heterocycles. The predicted molar refractivity (Wildman–Crippen MR) is 115 cm³/mol. The molecule has 0 aromatic heterocycles. The van der Waals surface area contributed by atoms with Crippen molar-refractivity contribution in [3.8, 4) is 0 Å². The number of nitrogens with two attached hydrogens (primary N) is 1. The predicted octanol–water partition coefficient (Wildman–Crippen LogP) is 2.84. The summed E-state index contributed by atoms with van der Waals surface area (Å²) in [6.07, 6.45) is 5.82. The van der Waals surface area contributed by atoms with Crippen molar-refractivity contribution in [1.29, 1.82) is 0 Å². The van der Waals surface area contributed by atoms with Gasteiger partial charge in [0.05, 0.1) is 17.8 Å². The molecule has 0 aromatic carbocycles. The van der Waals surface area contributed by atoms with Gasteiger partial charge in [-0.15, -0.1) is 0 Å². The lowest BCUT2D eigenvalue weighted by Gasteiger charge is -2.39. The van der Waals surface area contributed by atoms with Gasteiger partial charge in [-0.25, -0.2) is 0 Å². The van der Waals surface area contributed by atoms with Crippen LogP contribution in [0.2, 0.25) is 0 Å². The maximum atomic E-state index is 12.8. The van der Waals surface area contributed by atoms with Gasteiger partial charge in [-0.3, -0.25) is 9.59 Å². The van der Waals surface area contributed by atoms with Crippen LogP contribution in [0.4, 0.5) is 0 Å². The van der Waals surface area contributed by atoms with E-state index in [1.54, 1.807) is 4.90 Å². The molecule has 7 heteroatoms. The number of carbonyl (C=O) groups excluding carboxylic acids is 2. The zero-order valence-corrected chi connectivity index (χ0v) is 18.8. The molecule has 0 bridgehead atoms. The van der Waals surface area contributed by atoms with Crippen LogP contribution in [0.5, 0.6) is 0 Å². The van der Waals surface area contributed by atoms with Crippen LogP contribution in [-0.2, 0) is 9.59 Å². The molecule has 2 rings (SSSR count). The molecular formula is C22H41N3O4. The fourth-order valence-corrected chi connectivity index (χ4v) is 3.76. The van der Waals surface area contributed by atoms with Gasteiger partial charge in [-0.05, 0) is 31.8 Å². The van der Waals surface area contributed by atoms with Crippen LogP contribution in [0.15, 0.2) is 11.8 Å². The van der Waals surface area contributed by atoms with E-state index in [4.69, 9.17) is 5.73 Å². The average Bonchev–Trinajstić information content (AvgIpc) is 2.68. The second-order valence-electron chi connectivity index (χ2n) is 9.02. The van der Waals surface area contributed by atoms with Crippen molar-refractivity contribution < 1.29 is 19.8 Å². The molecule has 2 atom stereocenters. The number of aliphatic hydroxyl groups excluding tert-OH is 1. The minimum atomic E-state index is -1.27. The number of hydrogen-bond donors (Lipinski definition) is 4. The van der Waals surface area contributed by atoms with Crippen molar-refractivity contribution >= 4 is 11.8 Å². The quantitative estimate of drug-likeness (QED) is 0.419. The Balaban J connectivity index is 0.00000204. The molecule has 2 unspecified atom stereocenters. The summed E-state index contributed by atoms with van der Waals surface area (Å²) in [5.74, 6) is -0.704. The number of nitrogens with zero attached hydrogens (tertiary/aromatic N) is 1. The summed E-state index contributed by atoms with van der Waals surface area (Å²) in [5.41, 5.74) is 4.21. The summed E-state index contributed by atoms with van der Waals surface area (Å²) in [7, 11) is 0. The highest BCUT2D eigenvalue weighted by atomic mass is 16.3. The molecule has 5 N–H and O–H groups in total. The van der Waals surface area contributed by atoms with Crippen LogP contribution in [0, 0.1) is 11.3 Å². The van der Waals surface area contributed by atoms with Crippen molar-refractivity contribution in [2.24, 2.45) is 17.1 Å². The maximum Gasteiger partial charge on any atom is 0.254 e. The Morgan fingerprint density at radius 3 is 2.31 bits per heavy atom. The van der Waals surface area contributed by atoms with Gasteiger partial charge in [0.25, 0.3) is 5.91 Å². The Labute approximate surface area is 175 Å². The Morgan fingerprint density at radius 1 is 1.17 bits per heavy atom. The van der Waals surface area contributed by atoms with Gasteiger partial charge < -0.3 is 26.2 Å². The third kappa shape index (κ3) is 7.30. The molecule has 7 nitrogen and oxygen atoms in total. The van der Waals surface area contributed by atoms with Gasteiger partial charge in [0.2, 0.25) is 5.91 Å². The molecule has 168 valence electrons. The van der Waals surface area contributed by atoms with Crippen molar-refractivity contribution in [2.75, 3.05) is 13.1 Å². The molecule has 2 aliphatic rings. The monoisotopic (exact) mass is 411 g/mol. The highest BCUT2D eigenvalue weighted by Gasteiger charge is 2.42. The summed E-state index contributed by atoms with van der Waals surface area (Å²) >= 11 is 0. The Bertz CT molecular complexity index is 577. The third-order valence-corrected chi connectivity index (χ3v) is 5.57. The van der Waals surface area contributed by atoms with E-state index >= 15 is 0 Å². The zero-order valence-electron chi connectivity index (χ0n) is 18.8. The van der Waals surface area contributed by atoms with E-state index in [2.05, 4.69) is 5.32 Å². The largest absolute Gasteiger partial charge is 0.512 e. The third-order valence-electron chi connectivity index (χ3n) is 5.57. The Morgan fingerprint density at radius 2 is 1.76 bits per heavy atom. The second kappa shape index (κ2) is 11.0. The van der Waals surface area contributed by atoms with E-state index in [0.717, 1.165) is 25.7 Å². The van der Waals surface area contributed by atoms with E-state index in [1.807, 2.05) is 34.6 Å². The lowest BCUT2D eigenvalue weighted by molar-refractivity contribution is -0.157. The first kappa shape index (κ1) is 25.4. The SMILES string of the molecule is CC.CC(C)(C)/C(O)=C/C(N)NC(=O)C1CCCN(C(=O)C2(O)CCCCC2)C1. The summed E-state index contributed by atoms with van der Waals surface area (Å²) < 4.78 is 0.